The van der Waals surface area contributed by atoms with Crippen molar-refractivity contribution >= 4 is 11.6 Å². The first-order valence-electron chi connectivity index (χ1n) is 6.26. The molecule has 5 atom stereocenters. The second kappa shape index (κ2) is 6.18. The predicted octanol–water partition coefficient (Wildman–Crippen LogP) is -1.48. The molecule has 1 aromatic rings. The number of aromatic amines is 1. The number of alkyl halides is 2. The molecule has 2 heterocycles. The van der Waals surface area contributed by atoms with E-state index < -0.39 is 47.3 Å². The van der Waals surface area contributed by atoms with Crippen LogP contribution in [0.2, 0.25) is 0 Å². The molecule has 0 radical (unpaired) electrons. The van der Waals surface area contributed by atoms with Gasteiger partial charge < -0.3 is 14.9 Å². The summed E-state index contributed by atoms with van der Waals surface area (Å²) in [5.41, 5.74) is -1.68. The van der Waals surface area contributed by atoms with Crippen LogP contribution in [0.1, 0.15) is 13.2 Å². The molecule has 0 aromatic carbocycles. The Labute approximate surface area is 128 Å². The number of ether oxygens (including phenoxy) is 1. The first-order valence-corrected chi connectivity index (χ1v) is 6.63. The van der Waals surface area contributed by atoms with Gasteiger partial charge in [-0.15, -0.1) is 0 Å². The van der Waals surface area contributed by atoms with Crippen LogP contribution >= 0.6 is 11.6 Å². The monoisotopic (exact) mass is 333 g/mol. The van der Waals surface area contributed by atoms with Crippen molar-refractivity contribution in [2.24, 2.45) is 0 Å². The summed E-state index contributed by atoms with van der Waals surface area (Å²) in [7, 11) is 0. The minimum Gasteiger partial charge on any atom is -0.391 e. The van der Waals surface area contributed by atoms with E-state index in [0.717, 1.165) is 6.20 Å². The zero-order chi connectivity index (χ0) is 16.5. The maximum atomic E-state index is 12.3. The second-order valence-corrected chi connectivity index (χ2v) is 5.35. The normalized spacial score (nSPS) is 32.3. The van der Waals surface area contributed by atoms with E-state index in [-0.39, 0.29) is 0 Å². The lowest BCUT2D eigenvalue weighted by Crippen LogP contribution is -2.46. The number of hydrogen-bond acceptors (Lipinski definition) is 6. The molecule has 1 unspecified atom stereocenters. The largest absolute Gasteiger partial charge is 0.391 e. The summed E-state index contributed by atoms with van der Waals surface area (Å²) in [6.45, 7) is 0.320. The SMILES string of the molecule is C[C@H](O)[C@H]1O[C@@H](n2ncc(=O)[nH]c2=O)[C@@](Cl)(C#CCF)C1O. The van der Waals surface area contributed by atoms with Gasteiger partial charge in [0.1, 0.15) is 25.1 Å². The number of rotatable bonds is 2. The summed E-state index contributed by atoms with van der Waals surface area (Å²) in [6, 6.07) is 0. The molecule has 1 fully saturated rings. The molecule has 0 saturated carbocycles. The summed E-state index contributed by atoms with van der Waals surface area (Å²) < 4.78 is 18.4. The summed E-state index contributed by atoms with van der Waals surface area (Å²) in [4.78, 5) is 22.9. The highest BCUT2D eigenvalue weighted by Gasteiger charge is 2.57. The Hall–Kier alpha value is -1.73. The predicted molar refractivity (Wildman–Crippen MR) is 73.1 cm³/mol. The van der Waals surface area contributed by atoms with E-state index in [4.69, 9.17) is 16.3 Å². The standard InChI is InChI=1S/C12H13ClFN3O5/c1-6(18)8-9(20)12(13,3-2-4-14)10(22-8)17-11(21)16-7(19)5-15-17/h5-6,8-10,18,20H,4H2,1H3,(H,16,19,21)/t6-,8+,9?,10+,12+/m0/s1. The van der Waals surface area contributed by atoms with Crippen molar-refractivity contribution in [3.05, 3.63) is 27.0 Å². The van der Waals surface area contributed by atoms with Crippen molar-refractivity contribution in [2.45, 2.75) is 36.3 Å². The van der Waals surface area contributed by atoms with Crippen molar-refractivity contribution < 1.29 is 19.3 Å². The number of aliphatic hydroxyl groups is 2. The average Bonchev–Trinajstić information content (AvgIpc) is 2.70. The quantitative estimate of drug-likeness (QED) is 0.449. The second-order valence-electron chi connectivity index (χ2n) is 4.73. The number of aromatic nitrogens is 3. The Bertz CT molecular complexity index is 724. The molecular weight excluding hydrogens is 321 g/mol. The Kier molecular flexibility index (Phi) is 4.67. The third kappa shape index (κ3) is 2.78. The fourth-order valence-corrected chi connectivity index (χ4v) is 2.49. The number of halogens is 2. The lowest BCUT2D eigenvalue weighted by Gasteiger charge is -2.24. The molecule has 1 aliphatic heterocycles. The average molecular weight is 334 g/mol. The fourth-order valence-electron chi connectivity index (χ4n) is 2.15. The van der Waals surface area contributed by atoms with Crippen LogP contribution in [0.25, 0.3) is 0 Å². The van der Waals surface area contributed by atoms with Crippen molar-refractivity contribution in [3.63, 3.8) is 0 Å². The molecule has 0 bridgehead atoms. The van der Waals surface area contributed by atoms with Gasteiger partial charge in [-0.3, -0.25) is 9.78 Å². The topological polar surface area (TPSA) is 117 Å². The molecular formula is C12H13ClFN3O5. The maximum Gasteiger partial charge on any atom is 0.347 e. The highest BCUT2D eigenvalue weighted by atomic mass is 35.5. The van der Waals surface area contributed by atoms with Crippen LogP contribution in [-0.2, 0) is 4.74 Å². The first-order chi connectivity index (χ1) is 10.3. The summed E-state index contributed by atoms with van der Waals surface area (Å²) in [6.07, 6.45) is -4.43. The van der Waals surface area contributed by atoms with Crippen LogP contribution < -0.4 is 11.2 Å². The zero-order valence-corrected chi connectivity index (χ0v) is 12.1. The van der Waals surface area contributed by atoms with Crippen molar-refractivity contribution in [2.75, 3.05) is 6.67 Å². The van der Waals surface area contributed by atoms with E-state index in [1.807, 2.05) is 4.98 Å². The lowest BCUT2D eigenvalue weighted by atomic mass is 9.97. The van der Waals surface area contributed by atoms with Crippen LogP contribution in [0.3, 0.4) is 0 Å². The van der Waals surface area contributed by atoms with Gasteiger partial charge in [-0.25, -0.2) is 9.18 Å². The van der Waals surface area contributed by atoms with Crippen LogP contribution in [-0.4, -0.2) is 54.8 Å². The van der Waals surface area contributed by atoms with Crippen LogP contribution in [0.4, 0.5) is 4.39 Å². The van der Waals surface area contributed by atoms with E-state index >= 15 is 0 Å². The molecule has 120 valence electrons. The Morgan fingerprint density at radius 2 is 2.36 bits per heavy atom. The summed E-state index contributed by atoms with van der Waals surface area (Å²) in [5.74, 6) is 4.36. The molecule has 1 saturated heterocycles. The van der Waals surface area contributed by atoms with Gasteiger partial charge in [0.25, 0.3) is 5.56 Å². The molecule has 2 rings (SSSR count). The number of H-pyrrole nitrogens is 1. The minimum atomic E-state index is -1.91. The molecule has 1 aliphatic rings. The van der Waals surface area contributed by atoms with Gasteiger partial charge in [-0.1, -0.05) is 23.4 Å². The van der Waals surface area contributed by atoms with E-state index in [9.17, 15) is 24.2 Å². The van der Waals surface area contributed by atoms with Gasteiger partial charge >= 0.3 is 5.69 Å². The van der Waals surface area contributed by atoms with E-state index in [1.165, 1.54) is 6.92 Å². The first kappa shape index (κ1) is 16.6. The molecule has 22 heavy (non-hydrogen) atoms. The number of nitrogens with zero attached hydrogens (tertiary/aromatic N) is 2. The Morgan fingerprint density at radius 3 is 2.91 bits per heavy atom. The highest BCUT2D eigenvalue weighted by Crippen LogP contribution is 2.43. The fraction of sp³-hybridized carbons (Fsp3) is 0.583. The minimum absolute atomic E-state index is 0.674. The number of hydrogen-bond donors (Lipinski definition) is 3. The van der Waals surface area contributed by atoms with Crippen LogP contribution in [0.15, 0.2) is 15.8 Å². The molecule has 8 nitrogen and oxygen atoms in total. The Balaban J connectivity index is 2.55. The van der Waals surface area contributed by atoms with Gasteiger partial charge in [0.15, 0.2) is 11.1 Å². The third-order valence-electron chi connectivity index (χ3n) is 3.17. The van der Waals surface area contributed by atoms with E-state index in [2.05, 4.69) is 16.9 Å². The summed E-state index contributed by atoms with van der Waals surface area (Å²) >= 11 is 6.23. The van der Waals surface area contributed by atoms with Gasteiger partial charge in [0.05, 0.1) is 6.10 Å². The van der Waals surface area contributed by atoms with Gasteiger partial charge in [-0.2, -0.15) is 9.78 Å². The van der Waals surface area contributed by atoms with Gasteiger partial charge in [-0.05, 0) is 6.92 Å². The molecule has 0 aliphatic carbocycles. The molecule has 0 spiro atoms. The van der Waals surface area contributed by atoms with Crippen molar-refractivity contribution in [1.29, 1.82) is 0 Å². The lowest BCUT2D eigenvalue weighted by molar-refractivity contribution is -0.0810. The summed E-state index contributed by atoms with van der Waals surface area (Å²) in [5, 5.41) is 23.4. The maximum absolute atomic E-state index is 12.3. The van der Waals surface area contributed by atoms with E-state index in [0.29, 0.717) is 4.68 Å². The van der Waals surface area contributed by atoms with Gasteiger partial charge in [0.2, 0.25) is 0 Å². The molecule has 3 N–H and O–H groups in total. The van der Waals surface area contributed by atoms with Crippen LogP contribution in [0, 0.1) is 11.8 Å². The van der Waals surface area contributed by atoms with Crippen molar-refractivity contribution in [1.82, 2.24) is 14.8 Å². The smallest absolute Gasteiger partial charge is 0.347 e. The van der Waals surface area contributed by atoms with Crippen molar-refractivity contribution in [3.8, 4) is 11.8 Å². The number of aliphatic hydroxyl groups excluding tert-OH is 2. The third-order valence-corrected chi connectivity index (χ3v) is 3.67. The number of nitrogens with one attached hydrogen (secondary N) is 1. The van der Waals surface area contributed by atoms with E-state index in [1.54, 1.807) is 0 Å². The highest BCUT2D eigenvalue weighted by molar-refractivity contribution is 6.27. The molecule has 10 heteroatoms. The van der Waals surface area contributed by atoms with Crippen LogP contribution in [0.5, 0.6) is 0 Å². The Morgan fingerprint density at radius 1 is 1.68 bits per heavy atom. The molecule has 0 amide bonds. The molecule has 1 aromatic heterocycles. The zero-order valence-electron chi connectivity index (χ0n) is 11.4. The van der Waals surface area contributed by atoms with Gasteiger partial charge in [0, 0.05) is 0 Å².